The zero-order chi connectivity index (χ0) is 59.2. The maximum Gasteiger partial charge on any atom is 0.208 e. The number of allylic oxidation sites excluding steroid dienone is 3. The Morgan fingerprint density at radius 1 is 0.440 bits per heavy atom. The maximum absolute atomic E-state index is 11.0. The lowest BCUT2D eigenvalue weighted by Gasteiger charge is -2.28. The Balaban J connectivity index is 0.764. The second kappa shape index (κ2) is 17.0. The average molecular weight is 1160 g/mol. The number of fused-ring (bicyclic) bond motifs is 27. The maximum atomic E-state index is 11.0. The van der Waals surface area contributed by atoms with E-state index in [4.69, 9.17) is 9.98 Å². The van der Waals surface area contributed by atoms with E-state index in [1.807, 2.05) is 0 Å². The molecule has 1 N–H and O–H groups in total. The molecule has 22 rings (SSSR count). The van der Waals surface area contributed by atoms with Crippen LogP contribution >= 0.6 is 0 Å². The van der Waals surface area contributed by atoms with Crippen molar-refractivity contribution in [3.8, 4) is 17.2 Å². The molecule has 8 heteroatoms. The van der Waals surface area contributed by atoms with Crippen molar-refractivity contribution in [2.24, 2.45) is 15.9 Å². The van der Waals surface area contributed by atoms with Crippen LogP contribution in [0.25, 0.3) is 180 Å². The first-order valence-corrected chi connectivity index (χ1v) is 31.6. The van der Waals surface area contributed by atoms with Gasteiger partial charge in [-0.2, -0.15) is 5.26 Å². The van der Waals surface area contributed by atoms with E-state index >= 15 is 0 Å². The normalized spacial score (nSPS) is 15.9. The molecule has 91 heavy (non-hydrogen) atoms. The fourth-order valence-electron chi connectivity index (χ4n) is 17.5. The van der Waals surface area contributed by atoms with E-state index in [1.54, 1.807) is 0 Å². The molecule has 0 amide bonds. The van der Waals surface area contributed by atoms with E-state index in [0.29, 0.717) is 0 Å². The standard InChI is InChI=1S/C83H48N8/c1-2-44-38-50(43-85-78-59-24-14-17-46-16-13-23-58(72(46)59)73(44)78)88-69-40-62-53-19-5-9-25-65(53)89-67-27-11-7-21-56(67)76(81(62)89)74(69)60-36-32-49-37-47(30-33-52(49)79(60)88)48-31-34-55-64(39-48)86-71(42-84)87-83(55)91-70-41-63-54-20-6-10-26-66(54)90-68-28-12-8-22-57(68)77(82(63)90)75(70)61-35-29-45-15-3-4-18-51(45)80(61)91/h3-41,43-44,83H,2H2,1H3,(H,86,87). The molecule has 6 aromatic heterocycles. The summed E-state index contributed by atoms with van der Waals surface area (Å²) in [7, 11) is 0. The fraction of sp³-hybridized carbons (Fsp3) is 0.0482. The molecular weight excluding hydrogens is 1110 g/mol. The van der Waals surface area contributed by atoms with Gasteiger partial charge in [0.25, 0.3) is 0 Å². The van der Waals surface area contributed by atoms with Gasteiger partial charge < -0.3 is 23.3 Å². The van der Waals surface area contributed by atoms with Crippen LogP contribution in [0.5, 0.6) is 0 Å². The van der Waals surface area contributed by atoms with Crippen molar-refractivity contribution in [2.75, 3.05) is 0 Å². The van der Waals surface area contributed by atoms with Crippen LogP contribution < -0.4 is 5.32 Å². The summed E-state index contributed by atoms with van der Waals surface area (Å²) in [5.41, 5.74) is 21.6. The Bertz CT molecular complexity index is 6800. The van der Waals surface area contributed by atoms with Gasteiger partial charge >= 0.3 is 0 Å². The topological polar surface area (TPSA) is 79.2 Å². The Hall–Kier alpha value is -12.1. The van der Waals surface area contributed by atoms with E-state index in [9.17, 15) is 5.26 Å². The first kappa shape index (κ1) is 48.0. The molecule has 0 fully saturated rings. The minimum Gasteiger partial charge on any atom is -0.337 e. The van der Waals surface area contributed by atoms with Crippen molar-refractivity contribution in [1.82, 2.24) is 23.3 Å². The summed E-state index contributed by atoms with van der Waals surface area (Å²) in [5.74, 6) is 0.390. The number of nitrogens with zero attached hydrogens (tertiary/aromatic N) is 7. The molecule has 0 radical (unpaired) electrons. The molecule has 1 aliphatic carbocycles. The zero-order valence-corrected chi connectivity index (χ0v) is 49.1. The number of aliphatic imine (C=N–C) groups is 2. The summed E-state index contributed by atoms with van der Waals surface area (Å²) in [5, 5.41) is 36.5. The van der Waals surface area contributed by atoms with Crippen molar-refractivity contribution in [3.05, 3.63) is 253 Å². The highest BCUT2D eigenvalue weighted by Gasteiger charge is 2.34. The second-order valence-electron chi connectivity index (χ2n) is 25.3. The first-order chi connectivity index (χ1) is 45.1. The van der Waals surface area contributed by atoms with E-state index in [0.717, 1.165) is 83.8 Å². The number of aromatic nitrogens is 4. The number of benzene rings is 13. The molecule has 0 spiro atoms. The summed E-state index contributed by atoms with van der Waals surface area (Å²) >= 11 is 0. The van der Waals surface area contributed by atoms with E-state index in [2.05, 4.69) is 279 Å². The van der Waals surface area contributed by atoms with Crippen LogP contribution in [0, 0.1) is 17.2 Å². The Morgan fingerprint density at radius 2 is 1.00 bits per heavy atom. The van der Waals surface area contributed by atoms with Gasteiger partial charge in [0.15, 0.2) is 0 Å². The lowest BCUT2D eigenvalue weighted by atomic mass is 9.90. The number of hydrogen-bond acceptors (Lipinski definition) is 4. The van der Waals surface area contributed by atoms with Crippen LogP contribution in [0.1, 0.15) is 36.2 Å². The van der Waals surface area contributed by atoms with Gasteiger partial charge in [0, 0.05) is 92.5 Å². The Labute approximate surface area is 518 Å². The minimum atomic E-state index is -0.466. The van der Waals surface area contributed by atoms with Crippen LogP contribution in [0.2, 0.25) is 0 Å². The number of amidine groups is 1. The van der Waals surface area contributed by atoms with Crippen molar-refractivity contribution >= 4 is 187 Å². The van der Waals surface area contributed by atoms with Gasteiger partial charge in [-0.15, -0.1) is 0 Å². The van der Waals surface area contributed by atoms with Crippen LogP contribution in [0.3, 0.4) is 0 Å². The average Bonchev–Trinajstić information content (AvgIpc) is 1.52. The molecule has 8 nitrogen and oxygen atoms in total. The van der Waals surface area contributed by atoms with Gasteiger partial charge in [-0.25, -0.2) is 4.99 Å². The second-order valence-corrected chi connectivity index (χ2v) is 25.3. The molecule has 13 aromatic carbocycles. The zero-order valence-electron chi connectivity index (χ0n) is 49.1. The highest BCUT2D eigenvalue weighted by Crippen LogP contribution is 2.53. The molecule has 8 heterocycles. The molecule has 3 aliphatic rings. The Morgan fingerprint density at radius 3 is 1.70 bits per heavy atom. The molecule has 0 saturated carbocycles. The molecule has 2 unspecified atom stereocenters. The summed E-state index contributed by atoms with van der Waals surface area (Å²) in [6.07, 6.45) is 5.12. The first-order valence-electron chi connectivity index (χ1n) is 31.6. The van der Waals surface area contributed by atoms with Crippen molar-refractivity contribution in [2.45, 2.75) is 19.5 Å². The summed E-state index contributed by atoms with van der Waals surface area (Å²) in [4.78, 5) is 10.7. The van der Waals surface area contributed by atoms with Crippen LogP contribution in [0.15, 0.2) is 247 Å². The number of nitrogens with one attached hydrogen (secondary N) is 1. The fourth-order valence-corrected chi connectivity index (χ4v) is 17.5. The third-order valence-electron chi connectivity index (χ3n) is 21.1. The van der Waals surface area contributed by atoms with Crippen molar-refractivity contribution in [1.29, 1.82) is 5.26 Å². The van der Waals surface area contributed by atoms with Crippen LogP contribution in [0.4, 0.5) is 5.69 Å². The number of para-hydroxylation sites is 4. The van der Waals surface area contributed by atoms with Gasteiger partial charge in [0.1, 0.15) is 12.2 Å². The summed E-state index contributed by atoms with van der Waals surface area (Å²) < 4.78 is 9.98. The van der Waals surface area contributed by atoms with Crippen molar-refractivity contribution < 1.29 is 0 Å². The van der Waals surface area contributed by atoms with Crippen LogP contribution in [-0.4, -0.2) is 30.0 Å². The van der Waals surface area contributed by atoms with E-state index in [1.165, 1.54) is 125 Å². The van der Waals surface area contributed by atoms with Gasteiger partial charge in [-0.1, -0.05) is 195 Å². The van der Waals surface area contributed by atoms with Crippen molar-refractivity contribution in [3.63, 3.8) is 0 Å². The summed E-state index contributed by atoms with van der Waals surface area (Å²) in [6, 6.07) is 87.8. The largest absolute Gasteiger partial charge is 0.337 e. The molecule has 2 atom stereocenters. The molecular formula is C83H48N8. The number of hydrogen-bond donors (Lipinski definition) is 1. The SMILES string of the molecule is CCC1C=C(n2c3cc4c5ccccc5n5c6ccccc6c(c3c3ccc6cc(-c7ccc8c(c7)N=C(C#N)NC8n7c8cc9c%10ccccc%10n%10c%11ccccc%11c(c8c8ccc%11ccccc%11c87)c9%10)ccc6c32)c45)C=NC2=C1c1cccc3cccc2c13. The third kappa shape index (κ3) is 5.90. The van der Waals surface area contributed by atoms with Gasteiger partial charge in [0.05, 0.1) is 78.5 Å². The van der Waals surface area contributed by atoms with Gasteiger partial charge in [-0.3, -0.25) is 4.99 Å². The monoisotopic (exact) mass is 1160 g/mol. The molecule has 0 bridgehead atoms. The number of rotatable bonds is 4. The highest BCUT2D eigenvalue weighted by atomic mass is 15.2. The van der Waals surface area contributed by atoms with E-state index < -0.39 is 6.17 Å². The third-order valence-corrected chi connectivity index (χ3v) is 21.1. The number of nitriles is 1. The molecule has 420 valence electrons. The van der Waals surface area contributed by atoms with Crippen LogP contribution in [-0.2, 0) is 0 Å². The quantitative estimate of drug-likeness (QED) is 0.191. The predicted molar refractivity (Wildman–Crippen MR) is 380 cm³/mol. The van der Waals surface area contributed by atoms with E-state index in [-0.39, 0.29) is 11.8 Å². The lowest BCUT2D eigenvalue weighted by molar-refractivity contribution is 0.581. The molecule has 0 saturated heterocycles. The smallest absolute Gasteiger partial charge is 0.208 e. The Kier molecular flexibility index (Phi) is 8.95. The minimum absolute atomic E-state index is 0.114. The molecule has 2 aliphatic heterocycles. The lowest BCUT2D eigenvalue weighted by Crippen LogP contribution is -2.34. The predicted octanol–water partition coefficient (Wildman–Crippen LogP) is 20.9. The summed E-state index contributed by atoms with van der Waals surface area (Å²) in [6.45, 7) is 2.32. The van der Waals surface area contributed by atoms with Gasteiger partial charge in [0.2, 0.25) is 5.84 Å². The van der Waals surface area contributed by atoms with Gasteiger partial charge in [-0.05, 0) is 98.8 Å². The highest BCUT2D eigenvalue weighted by molar-refractivity contribution is 6.39. The molecule has 19 aromatic rings.